The van der Waals surface area contributed by atoms with Crippen molar-refractivity contribution in [1.82, 2.24) is 10.6 Å². The summed E-state index contributed by atoms with van der Waals surface area (Å²) in [5, 5.41) is 16.3. The molecule has 0 aliphatic heterocycles. The Kier molecular flexibility index (Phi) is 3.93. The van der Waals surface area contributed by atoms with E-state index in [4.69, 9.17) is 4.42 Å². The molecule has 1 saturated carbocycles. The standard InChI is InChI=1S/C11H15N3O4/c15-10(13-8-1-2-8)5-6-12-7-9-3-4-11(18-9)14(16)17/h3-4,8,12H,1-2,5-7H2,(H,13,15). The van der Waals surface area contributed by atoms with Gasteiger partial charge in [-0.05, 0) is 18.9 Å². The van der Waals surface area contributed by atoms with Crippen molar-refractivity contribution in [2.75, 3.05) is 6.54 Å². The van der Waals surface area contributed by atoms with Crippen LogP contribution in [0.5, 0.6) is 0 Å². The monoisotopic (exact) mass is 253 g/mol. The summed E-state index contributed by atoms with van der Waals surface area (Å²) in [4.78, 5) is 21.1. The second-order valence-corrected chi connectivity index (χ2v) is 4.27. The highest BCUT2D eigenvalue weighted by Crippen LogP contribution is 2.18. The van der Waals surface area contributed by atoms with Gasteiger partial charge in [-0.15, -0.1) is 0 Å². The Morgan fingerprint density at radius 2 is 2.28 bits per heavy atom. The van der Waals surface area contributed by atoms with Gasteiger partial charge in [-0.3, -0.25) is 14.9 Å². The first kappa shape index (κ1) is 12.6. The highest BCUT2D eigenvalue weighted by atomic mass is 16.6. The van der Waals surface area contributed by atoms with Crippen LogP contribution in [0.25, 0.3) is 0 Å². The van der Waals surface area contributed by atoms with Crippen molar-refractivity contribution in [3.8, 4) is 0 Å². The number of nitrogens with zero attached hydrogens (tertiary/aromatic N) is 1. The van der Waals surface area contributed by atoms with Gasteiger partial charge in [-0.1, -0.05) is 0 Å². The van der Waals surface area contributed by atoms with Crippen LogP contribution in [0.1, 0.15) is 25.0 Å². The zero-order chi connectivity index (χ0) is 13.0. The number of furan rings is 1. The van der Waals surface area contributed by atoms with Crippen LogP contribution in [0.4, 0.5) is 5.88 Å². The minimum Gasteiger partial charge on any atom is -0.404 e. The van der Waals surface area contributed by atoms with Gasteiger partial charge in [0.05, 0.1) is 12.6 Å². The Morgan fingerprint density at radius 3 is 2.89 bits per heavy atom. The van der Waals surface area contributed by atoms with Crippen molar-refractivity contribution in [2.45, 2.75) is 31.8 Å². The maximum atomic E-state index is 11.3. The van der Waals surface area contributed by atoms with Crippen LogP contribution in [0, 0.1) is 10.1 Å². The second kappa shape index (κ2) is 5.63. The minimum absolute atomic E-state index is 0.0374. The molecule has 0 unspecified atom stereocenters. The van der Waals surface area contributed by atoms with Crippen molar-refractivity contribution < 1.29 is 14.1 Å². The van der Waals surface area contributed by atoms with E-state index in [9.17, 15) is 14.9 Å². The van der Waals surface area contributed by atoms with Crippen molar-refractivity contribution in [1.29, 1.82) is 0 Å². The minimum atomic E-state index is -0.577. The lowest BCUT2D eigenvalue weighted by atomic mass is 10.3. The topological polar surface area (TPSA) is 97.4 Å². The molecule has 2 N–H and O–H groups in total. The summed E-state index contributed by atoms with van der Waals surface area (Å²) in [6, 6.07) is 3.25. The van der Waals surface area contributed by atoms with Crippen molar-refractivity contribution >= 4 is 11.8 Å². The van der Waals surface area contributed by atoms with E-state index >= 15 is 0 Å². The van der Waals surface area contributed by atoms with Gasteiger partial charge in [0.2, 0.25) is 5.91 Å². The van der Waals surface area contributed by atoms with E-state index in [2.05, 4.69) is 10.6 Å². The quantitative estimate of drug-likeness (QED) is 0.428. The van der Waals surface area contributed by atoms with Gasteiger partial charge < -0.3 is 15.1 Å². The number of amides is 1. The molecule has 0 radical (unpaired) electrons. The first-order valence-corrected chi connectivity index (χ1v) is 5.88. The highest BCUT2D eigenvalue weighted by Gasteiger charge is 2.22. The summed E-state index contributed by atoms with van der Waals surface area (Å²) in [5.74, 6) is 0.262. The molecule has 7 heteroatoms. The molecule has 1 heterocycles. The molecule has 0 saturated heterocycles. The maximum Gasteiger partial charge on any atom is 0.433 e. The maximum absolute atomic E-state index is 11.3. The fourth-order valence-electron chi connectivity index (χ4n) is 1.50. The van der Waals surface area contributed by atoms with E-state index in [0.29, 0.717) is 31.3 Å². The van der Waals surface area contributed by atoms with E-state index in [1.54, 1.807) is 6.07 Å². The Balaban J connectivity index is 1.61. The van der Waals surface area contributed by atoms with Gasteiger partial charge in [0.25, 0.3) is 0 Å². The smallest absolute Gasteiger partial charge is 0.404 e. The van der Waals surface area contributed by atoms with Crippen molar-refractivity contribution in [3.63, 3.8) is 0 Å². The molecular formula is C11H15N3O4. The Labute approximate surface area is 104 Å². The van der Waals surface area contributed by atoms with Gasteiger partial charge >= 0.3 is 5.88 Å². The number of nitrogens with one attached hydrogen (secondary N) is 2. The van der Waals surface area contributed by atoms with Crippen LogP contribution < -0.4 is 10.6 Å². The number of hydrogen-bond acceptors (Lipinski definition) is 5. The first-order chi connectivity index (χ1) is 8.65. The van der Waals surface area contributed by atoms with Crippen molar-refractivity contribution in [2.24, 2.45) is 0 Å². The number of nitro groups is 1. The lowest BCUT2D eigenvalue weighted by Crippen LogP contribution is -2.28. The lowest BCUT2D eigenvalue weighted by Gasteiger charge is -2.03. The predicted molar refractivity (Wildman–Crippen MR) is 62.9 cm³/mol. The molecule has 2 rings (SSSR count). The fourth-order valence-corrected chi connectivity index (χ4v) is 1.50. The zero-order valence-electron chi connectivity index (χ0n) is 9.85. The molecular weight excluding hydrogens is 238 g/mol. The van der Waals surface area contributed by atoms with Crippen LogP contribution in [0.15, 0.2) is 16.5 Å². The summed E-state index contributed by atoms with van der Waals surface area (Å²) in [7, 11) is 0. The molecule has 98 valence electrons. The number of carbonyl (C=O) groups is 1. The molecule has 1 aliphatic rings. The molecule has 7 nitrogen and oxygen atoms in total. The zero-order valence-corrected chi connectivity index (χ0v) is 9.85. The van der Waals surface area contributed by atoms with Crippen LogP contribution in [-0.4, -0.2) is 23.4 Å². The number of carbonyl (C=O) groups excluding carboxylic acids is 1. The SMILES string of the molecule is O=C(CCNCc1ccc([N+](=O)[O-])o1)NC1CC1. The van der Waals surface area contributed by atoms with E-state index in [1.165, 1.54) is 6.07 Å². The predicted octanol–water partition coefficient (Wildman–Crippen LogP) is 0.946. The molecule has 0 spiro atoms. The summed E-state index contributed by atoms with van der Waals surface area (Å²) >= 11 is 0. The third-order valence-electron chi connectivity index (χ3n) is 2.60. The summed E-state index contributed by atoms with van der Waals surface area (Å²) in [5.41, 5.74) is 0. The summed E-state index contributed by atoms with van der Waals surface area (Å²) in [6.07, 6.45) is 2.56. The van der Waals surface area contributed by atoms with E-state index in [1.807, 2.05) is 0 Å². The highest BCUT2D eigenvalue weighted by molar-refractivity contribution is 5.76. The second-order valence-electron chi connectivity index (χ2n) is 4.27. The van der Waals surface area contributed by atoms with Gasteiger partial charge in [-0.25, -0.2) is 0 Å². The third kappa shape index (κ3) is 3.85. The van der Waals surface area contributed by atoms with Crippen molar-refractivity contribution in [3.05, 3.63) is 28.0 Å². The molecule has 1 aromatic heterocycles. The number of hydrogen-bond donors (Lipinski definition) is 2. The number of rotatable bonds is 7. The van der Waals surface area contributed by atoms with Gasteiger partial charge in [0.15, 0.2) is 0 Å². The molecule has 0 atom stereocenters. The Hall–Kier alpha value is -1.89. The molecule has 1 fully saturated rings. The van der Waals surface area contributed by atoms with Gasteiger partial charge in [0.1, 0.15) is 10.7 Å². The molecule has 0 bridgehead atoms. The largest absolute Gasteiger partial charge is 0.433 e. The molecule has 1 amide bonds. The van der Waals surface area contributed by atoms with Crippen LogP contribution in [0.2, 0.25) is 0 Å². The normalized spacial score (nSPS) is 14.4. The molecule has 18 heavy (non-hydrogen) atoms. The average Bonchev–Trinajstić information content (AvgIpc) is 2.99. The summed E-state index contributed by atoms with van der Waals surface area (Å²) < 4.78 is 4.96. The van der Waals surface area contributed by atoms with E-state index < -0.39 is 4.92 Å². The average molecular weight is 253 g/mol. The molecule has 1 aliphatic carbocycles. The van der Waals surface area contributed by atoms with Crippen LogP contribution >= 0.6 is 0 Å². The summed E-state index contributed by atoms with van der Waals surface area (Å²) in [6.45, 7) is 0.900. The Morgan fingerprint density at radius 1 is 1.50 bits per heavy atom. The first-order valence-electron chi connectivity index (χ1n) is 5.88. The Bertz CT molecular complexity index is 439. The third-order valence-corrected chi connectivity index (χ3v) is 2.60. The fraction of sp³-hybridized carbons (Fsp3) is 0.545. The van der Waals surface area contributed by atoms with Gasteiger partial charge in [-0.2, -0.15) is 0 Å². The molecule has 1 aromatic rings. The van der Waals surface area contributed by atoms with Crippen LogP contribution in [0.3, 0.4) is 0 Å². The van der Waals surface area contributed by atoms with E-state index in [0.717, 1.165) is 12.8 Å². The van der Waals surface area contributed by atoms with Gasteiger partial charge in [0, 0.05) is 19.0 Å². The lowest BCUT2D eigenvalue weighted by molar-refractivity contribution is -0.402. The molecule has 0 aromatic carbocycles. The van der Waals surface area contributed by atoms with E-state index in [-0.39, 0.29) is 11.8 Å². The van der Waals surface area contributed by atoms with Crippen LogP contribution in [-0.2, 0) is 11.3 Å².